The number of hydrogen-bond acceptors (Lipinski definition) is 4. The average Bonchev–Trinajstić information content (AvgIpc) is 3.07. The quantitative estimate of drug-likeness (QED) is 0.653. The maximum Gasteiger partial charge on any atom is 0.407 e. The number of aromatic nitrogens is 3. The van der Waals surface area contributed by atoms with Crippen LogP contribution in [0, 0.1) is 0 Å². The molecular weight excluding hydrogens is 366 g/mol. The highest BCUT2D eigenvalue weighted by molar-refractivity contribution is 6.28. The first-order valence-electron chi connectivity index (χ1n) is 8.80. The Morgan fingerprint density at radius 2 is 1.96 bits per heavy atom. The lowest BCUT2D eigenvalue weighted by Crippen LogP contribution is -2.54. The van der Waals surface area contributed by atoms with E-state index in [4.69, 9.17) is 11.6 Å². The third-order valence-electron chi connectivity index (χ3n) is 5.22. The summed E-state index contributed by atoms with van der Waals surface area (Å²) in [6.07, 6.45) is 2.43. The van der Waals surface area contributed by atoms with E-state index in [-0.39, 0.29) is 17.4 Å². The molecule has 7 nitrogen and oxygen atoms in total. The molecule has 4 rings (SSSR count). The summed E-state index contributed by atoms with van der Waals surface area (Å²) in [5.74, 6) is 0.764. The van der Waals surface area contributed by atoms with Gasteiger partial charge in [0.15, 0.2) is 0 Å². The van der Waals surface area contributed by atoms with Crippen molar-refractivity contribution in [1.82, 2.24) is 19.9 Å². The van der Waals surface area contributed by atoms with Crippen LogP contribution in [0.1, 0.15) is 18.4 Å². The van der Waals surface area contributed by atoms with Gasteiger partial charge in [-0.15, -0.1) is 0 Å². The molecule has 0 saturated heterocycles. The van der Waals surface area contributed by atoms with E-state index in [9.17, 15) is 9.90 Å². The highest BCUT2D eigenvalue weighted by Gasteiger charge is 2.39. The summed E-state index contributed by atoms with van der Waals surface area (Å²) in [5.41, 5.74) is 1.69. The van der Waals surface area contributed by atoms with E-state index in [1.54, 1.807) is 0 Å². The van der Waals surface area contributed by atoms with Crippen molar-refractivity contribution in [3.05, 3.63) is 53.4 Å². The molecule has 1 aliphatic carbocycles. The van der Waals surface area contributed by atoms with E-state index >= 15 is 0 Å². The Balaban J connectivity index is 1.47. The van der Waals surface area contributed by atoms with Gasteiger partial charge in [0.1, 0.15) is 11.5 Å². The van der Waals surface area contributed by atoms with Gasteiger partial charge in [-0.05, 0) is 36.1 Å². The zero-order chi connectivity index (χ0) is 19.0. The fraction of sp³-hybridized carbons (Fsp3) is 0.316. The van der Waals surface area contributed by atoms with Gasteiger partial charge in [-0.3, -0.25) is 0 Å². The van der Waals surface area contributed by atoms with Gasteiger partial charge in [-0.25, -0.2) is 4.79 Å². The van der Waals surface area contributed by atoms with E-state index in [0.717, 1.165) is 29.6 Å². The number of benzene rings is 1. The summed E-state index contributed by atoms with van der Waals surface area (Å²) in [5, 5.41) is 10.7. The number of H-pyrrole nitrogens is 1. The number of carboxylic acid groups (broad SMARTS) is 1. The van der Waals surface area contributed by atoms with Gasteiger partial charge >= 0.3 is 6.09 Å². The molecule has 2 aromatic heterocycles. The second kappa shape index (κ2) is 7.08. The number of halogens is 1. The Bertz CT molecular complexity index is 955. The predicted molar refractivity (Wildman–Crippen MR) is 104 cm³/mol. The van der Waals surface area contributed by atoms with Crippen LogP contribution in [-0.2, 0) is 6.54 Å². The van der Waals surface area contributed by atoms with Crippen LogP contribution in [0.5, 0.6) is 0 Å². The number of nitrogens with one attached hydrogen (secondary N) is 1. The second-order valence-electron chi connectivity index (χ2n) is 6.84. The summed E-state index contributed by atoms with van der Waals surface area (Å²) >= 11 is 6.05. The molecule has 8 heteroatoms. The Morgan fingerprint density at radius 1 is 1.22 bits per heavy atom. The van der Waals surface area contributed by atoms with E-state index in [1.807, 2.05) is 49.6 Å². The standard InChI is InChI=1S/C19H20ClN5O2/c1-24(17-15-7-8-21-16(15)22-18(20)23-17)13-9-14(10-13)25(19(26)27)11-12-5-3-2-4-6-12/h2-8,13-14H,9-11H2,1H3,(H,26,27)(H,21,22,23). The summed E-state index contributed by atoms with van der Waals surface area (Å²) in [6.45, 7) is 0.401. The summed E-state index contributed by atoms with van der Waals surface area (Å²) in [4.78, 5) is 27.0. The minimum absolute atomic E-state index is 0.00539. The van der Waals surface area contributed by atoms with Crippen molar-refractivity contribution in [2.24, 2.45) is 0 Å². The molecule has 1 saturated carbocycles. The second-order valence-corrected chi connectivity index (χ2v) is 7.18. The zero-order valence-corrected chi connectivity index (χ0v) is 15.6. The van der Waals surface area contributed by atoms with Crippen molar-refractivity contribution >= 4 is 34.5 Å². The van der Waals surface area contributed by atoms with Gasteiger partial charge in [0.25, 0.3) is 0 Å². The van der Waals surface area contributed by atoms with Gasteiger partial charge in [-0.2, -0.15) is 9.97 Å². The predicted octanol–water partition coefficient (Wildman–Crippen LogP) is 3.76. The zero-order valence-electron chi connectivity index (χ0n) is 14.8. The number of hydrogen-bond donors (Lipinski definition) is 2. The van der Waals surface area contributed by atoms with Crippen molar-refractivity contribution < 1.29 is 9.90 Å². The molecule has 0 unspecified atom stereocenters. The van der Waals surface area contributed by atoms with Crippen molar-refractivity contribution in [1.29, 1.82) is 0 Å². The molecule has 3 aromatic rings. The van der Waals surface area contributed by atoms with Crippen LogP contribution in [0.25, 0.3) is 11.0 Å². The highest BCUT2D eigenvalue weighted by Crippen LogP contribution is 2.35. The molecule has 0 atom stereocenters. The number of anilines is 1. The molecular formula is C19H20ClN5O2. The lowest BCUT2D eigenvalue weighted by atomic mass is 9.84. The molecule has 1 amide bonds. The Kier molecular flexibility index (Phi) is 4.61. The molecule has 27 heavy (non-hydrogen) atoms. The van der Waals surface area contributed by atoms with Crippen molar-refractivity contribution in [2.75, 3.05) is 11.9 Å². The third kappa shape index (κ3) is 3.42. The van der Waals surface area contributed by atoms with Gasteiger partial charge in [0.05, 0.1) is 5.39 Å². The monoisotopic (exact) mass is 385 g/mol. The van der Waals surface area contributed by atoms with Crippen LogP contribution >= 0.6 is 11.6 Å². The molecule has 1 fully saturated rings. The molecule has 0 spiro atoms. The van der Waals surface area contributed by atoms with Crippen LogP contribution in [0.15, 0.2) is 42.6 Å². The highest BCUT2D eigenvalue weighted by atomic mass is 35.5. The summed E-state index contributed by atoms with van der Waals surface area (Å²) < 4.78 is 0. The number of nitrogens with zero attached hydrogens (tertiary/aromatic N) is 4. The topological polar surface area (TPSA) is 85.4 Å². The Labute approximate surface area is 161 Å². The number of aromatic amines is 1. The maximum atomic E-state index is 11.7. The molecule has 140 valence electrons. The van der Waals surface area contributed by atoms with Gasteiger partial charge in [-0.1, -0.05) is 30.3 Å². The first-order valence-corrected chi connectivity index (χ1v) is 9.17. The van der Waals surface area contributed by atoms with E-state index in [2.05, 4.69) is 19.9 Å². The van der Waals surface area contributed by atoms with Gasteiger partial charge in [0.2, 0.25) is 5.28 Å². The van der Waals surface area contributed by atoms with Crippen molar-refractivity contribution in [3.8, 4) is 0 Å². The molecule has 1 aromatic carbocycles. The van der Waals surface area contributed by atoms with Crippen LogP contribution in [0.4, 0.5) is 10.6 Å². The van der Waals surface area contributed by atoms with Gasteiger partial charge in [0, 0.05) is 31.9 Å². The fourth-order valence-electron chi connectivity index (χ4n) is 3.60. The van der Waals surface area contributed by atoms with Crippen LogP contribution < -0.4 is 4.90 Å². The van der Waals surface area contributed by atoms with Gasteiger partial charge < -0.3 is 19.9 Å². The molecule has 2 heterocycles. The number of rotatable bonds is 5. The SMILES string of the molecule is CN(c1nc(Cl)nc2[nH]ccc12)C1CC(N(Cc2ccccc2)C(=O)O)C1. The molecule has 2 N–H and O–H groups in total. The normalized spacial score (nSPS) is 18.9. The first-order chi connectivity index (χ1) is 13.0. The largest absolute Gasteiger partial charge is 0.465 e. The lowest BCUT2D eigenvalue weighted by molar-refractivity contribution is 0.0834. The first kappa shape index (κ1) is 17.6. The molecule has 0 aliphatic heterocycles. The summed E-state index contributed by atoms with van der Waals surface area (Å²) in [6, 6.07) is 11.8. The summed E-state index contributed by atoms with van der Waals surface area (Å²) in [7, 11) is 1.97. The van der Waals surface area contributed by atoms with Crippen LogP contribution in [-0.4, -0.2) is 50.2 Å². The van der Waals surface area contributed by atoms with Crippen molar-refractivity contribution in [3.63, 3.8) is 0 Å². The fourth-order valence-corrected chi connectivity index (χ4v) is 3.77. The molecule has 1 aliphatic rings. The molecule has 0 radical (unpaired) electrons. The Hall–Kier alpha value is -2.80. The smallest absolute Gasteiger partial charge is 0.407 e. The number of carbonyl (C=O) groups is 1. The van der Waals surface area contributed by atoms with E-state index in [0.29, 0.717) is 12.2 Å². The third-order valence-corrected chi connectivity index (χ3v) is 5.39. The lowest BCUT2D eigenvalue weighted by Gasteiger charge is -2.45. The Morgan fingerprint density at radius 3 is 2.67 bits per heavy atom. The van der Waals surface area contributed by atoms with E-state index in [1.165, 1.54) is 4.90 Å². The minimum Gasteiger partial charge on any atom is -0.465 e. The number of fused-ring (bicyclic) bond motifs is 1. The average molecular weight is 386 g/mol. The minimum atomic E-state index is -0.886. The number of amides is 1. The van der Waals surface area contributed by atoms with E-state index < -0.39 is 6.09 Å². The molecule has 0 bridgehead atoms. The van der Waals surface area contributed by atoms with Crippen molar-refractivity contribution in [2.45, 2.75) is 31.5 Å². The van der Waals surface area contributed by atoms with Crippen LogP contribution in [0.3, 0.4) is 0 Å². The van der Waals surface area contributed by atoms with Crippen LogP contribution in [0.2, 0.25) is 5.28 Å². The maximum absolute atomic E-state index is 11.7.